The second-order valence-electron chi connectivity index (χ2n) is 3.99. The average Bonchev–Trinajstić information content (AvgIpc) is 2.36. The molecule has 19 heavy (non-hydrogen) atoms. The number of amides is 1. The lowest BCUT2D eigenvalue weighted by Gasteiger charge is -2.09. The van der Waals surface area contributed by atoms with Crippen LogP contribution >= 0.6 is 23.2 Å². The van der Waals surface area contributed by atoms with Gasteiger partial charge in [-0.2, -0.15) is 0 Å². The number of carbonyl (C=O) groups is 1. The number of rotatable bonds is 2. The number of aromatic nitrogens is 1. The van der Waals surface area contributed by atoms with Crippen LogP contribution in [0.3, 0.4) is 0 Å². The van der Waals surface area contributed by atoms with Crippen LogP contribution in [0.4, 0.5) is 11.5 Å². The number of carbonyl (C=O) groups excluding carboxylic acids is 1. The van der Waals surface area contributed by atoms with Gasteiger partial charge in [0.1, 0.15) is 5.82 Å². The van der Waals surface area contributed by atoms with Crippen molar-refractivity contribution in [3.8, 4) is 0 Å². The highest BCUT2D eigenvalue weighted by Gasteiger charge is 2.15. The highest BCUT2D eigenvalue weighted by molar-refractivity contribution is 6.44. The highest BCUT2D eigenvalue weighted by atomic mass is 35.5. The molecule has 4 nitrogen and oxygen atoms in total. The van der Waals surface area contributed by atoms with Crippen LogP contribution in [0, 0.1) is 6.92 Å². The molecule has 0 unspecified atom stereocenters. The van der Waals surface area contributed by atoms with Crippen molar-refractivity contribution in [2.24, 2.45) is 0 Å². The molecule has 1 aromatic heterocycles. The number of nitrogens with zero attached hydrogens (tertiary/aromatic N) is 1. The number of nitrogens with one attached hydrogen (secondary N) is 1. The summed E-state index contributed by atoms with van der Waals surface area (Å²) in [6, 6.07) is 6.60. The summed E-state index contributed by atoms with van der Waals surface area (Å²) in [5.41, 5.74) is 7.09. The van der Waals surface area contributed by atoms with Crippen molar-refractivity contribution < 1.29 is 4.79 Å². The number of benzene rings is 1. The number of hydrogen-bond donors (Lipinski definition) is 2. The monoisotopic (exact) mass is 295 g/mol. The summed E-state index contributed by atoms with van der Waals surface area (Å²) >= 11 is 11.9. The first-order valence-electron chi connectivity index (χ1n) is 5.46. The quantitative estimate of drug-likeness (QED) is 0.833. The van der Waals surface area contributed by atoms with E-state index in [1.54, 1.807) is 12.3 Å². The molecule has 0 aliphatic heterocycles. The Morgan fingerprint density at radius 3 is 2.79 bits per heavy atom. The van der Waals surface area contributed by atoms with E-state index in [0.29, 0.717) is 11.5 Å². The van der Waals surface area contributed by atoms with E-state index in [-0.39, 0.29) is 15.6 Å². The maximum Gasteiger partial charge on any atom is 0.258 e. The van der Waals surface area contributed by atoms with Crippen LogP contribution in [0.25, 0.3) is 0 Å². The lowest BCUT2D eigenvalue weighted by molar-refractivity contribution is 0.102. The third-order valence-corrected chi connectivity index (χ3v) is 3.34. The summed E-state index contributed by atoms with van der Waals surface area (Å²) in [7, 11) is 0. The number of anilines is 2. The van der Waals surface area contributed by atoms with E-state index in [1.807, 2.05) is 13.0 Å². The summed E-state index contributed by atoms with van der Waals surface area (Å²) in [4.78, 5) is 16.2. The van der Waals surface area contributed by atoms with Crippen LogP contribution < -0.4 is 11.1 Å². The van der Waals surface area contributed by atoms with Gasteiger partial charge in [0.25, 0.3) is 5.91 Å². The molecule has 0 bridgehead atoms. The molecule has 0 aliphatic rings. The molecule has 0 saturated heterocycles. The molecular weight excluding hydrogens is 285 g/mol. The van der Waals surface area contributed by atoms with E-state index in [1.165, 1.54) is 12.1 Å². The zero-order valence-electron chi connectivity index (χ0n) is 10.1. The predicted octanol–water partition coefficient (Wildman–Crippen LogP) is 3.53. The number of pyridine rings is 1. The molecule has 1 aromatic carbocycles. The fourth-order valence-electron chi connectivity index (χ4n) is 1.57. The molecule has 2 rings (SSSR count). The van der Waals surface area contributed by atoms with Gasteiger partial charge in [-0.1, -0.05) is 29.3 Å². The zero-order chi connectivity index (χ0) is 14.0. The maximum absolute atomic E-state index is 12.1. The van der Waals surface area contributed by atoms with Gasteiger partial charge in [-0.3, -0.25) is 4.79 Å². The third kappa shape index (κ3) is 2.97. The number of aryl methyl sites for hydroxylation is 1. The number of nitrogen functional groups attached to an aromatic ring is 1. The minimum Gasteiger partial charge on any atom is -0.399 e. The van der Waals surface area contributed by atoms with Gasteiger partial charge < -0.3 is 11.1 Å². The molecule has 0 saturated carbocycles. The molecule has 0 atom stereocenters. The SMILES string of the molecule is Cc1cccnc1NC(=O)c1cc(N)cc(Cl)c1Cl. The van der Waals surface area contributed by atoms with Crippen LogP contribution in [-0.4, -0.2) is 10.9 Å². The summed E-state index contributed by atoms with van der Waals surface area (Å²) < 4.78 is 0. The Balaban J connectivity index is 2.33. The van der Waals surface area contributed by atoms with Crippen molar-refractivity contribution in [1.82, 2.24) is 4.98 Å². The van der Waals surface area contributed by atoms with E-state index >= 15 is 0 Å². The standard InChI is InChI=1S/C13H11Cl2N3O/c1-7-3-2-4-17-12(7)18-13(19)9-5-8(16)6-10(14)11(9)15/h2-6H,16H2,1H3,(H,17,18,19). The first-order chi connectivity index (χ1) is 8.99. The summed E-state index contributed by atoms with van der Waals surface area (Å²) in [6.07, 6.45) is 1.59. The lowest BCUT2D eigenvalue weighted by atomic mass is 10.2. The third-order valence-electron chi connectivity index (χ3n) is 2.54. The number of hydrogen-bond acceptors (Lipinski definition) is 3. The van der Waals surface area contributed by atoms with Gasteiger partial charge in [0, 0.05) is 11.9 Å². The molecule has 0 aliphatic carbocycles. The number of halogens is 2. The lowest BCUT2D eigenvalue weighted by Crippen LogP contribution is -2.15. The molecular formula is C13H11Cl2N3O. The van der Waals surface area contributed by atoms with Crippen LogP contribution in [0.5, 0.6) is 0 Å². The van der Waals surface area contributed by atoms with Crippen molar-refractivity contribution in [2.75, 3.05) is 11.1 Å². The smallest absolute Gasteiger partial charge is 0.258 e. The summed E-state index contributed by atoms with van der Waals surface area (Å²) in [6.45, 7) is 1.84. The molecule has 0 radical (unpaired) electrons. The zero-order valence-corrected chi connectivity index (χ0v) is 11.6. The fraction of sp³-hybridized carbons (Fsp3) is 0.0769. The Morgan fingerprint density at radius 2 is 2.11 bits per heavy atom. The van der Waals surface area contributed by atoms with Crippen molar-refractivity contribution in [2.45, 2.75) is 6.92 Å². The van der Waals surface area contributed by atoms with Crippen molar-refractivity contribution in [3.63, 3.8) is 0 Å². The topological polar surface area (TPSA) is 68.0 Å². The summed E-state index contributed by atoms with van der Waals surface area (Å²) in [5.74, 6) is 0.0723. The molecule has 0 fully saturated rings. The molecule has 6 heteroatoms. The normalized spacial score (nSPS) is 10.3. The van der Waals surface area contributed by atoms with Gasteiger partial charge in [0.15, 0.2) is 0 Å². The molecule has 98 valence electrons. The second-order valence-corrected chi connectivity index (χ2v) is 4.77. The fourth-order valence-corrected chi connectivity index (χ4v) is 1.99. The first-order valence-corrected chi connectivity index (χ1v) is 6.22. The Morgan fingerprint density at radius 1 is 1.37 bits per heavy atom. The van der Waals surface area contributed by atoms with Gasteiger partial charge in [-0.05, 0) is 30.7 Å². The average molecular weight is 296 g/mol. The van der Waals surface area contributed by atoms with Crippen molar-refractivity contribution in [1.29, 1.82) is 0 Å². The van der Waals surface area contributed by atoms with E-state index in [2.05, 4.69) is 10.3 Å². The summed E-state index contributed by atoms with van der Waals surface area (Å²) in [5, 5.41) is 3.08. The van der Waals surface area contributed by atoms with Crippen LogP contribution in [0.15, 0.2) is 30.5 Å². The largest absolute Gasteiger partial charge is 0.399 e. The van der Waals surface area contributed by atoms with Gasteiger partial charge >= 0.3 is 0 Å². The Bertz CT molecular complexity index is 644. The van der Waals surface area contributed by atoms with Crippen LogP contribution in [0.2, 0.25) is 10.0 Å². The highest BCUT2D eigenvalue weighted by Crippen LogP contribution is 2.29. The molecule has 1 amide bonds. The van der Waals surface area contributed by atoms with E-state index in [0.717, 1.165) is 5.56 Å². The molecule has 3 N–H and O–H groups in total. The van der Waals surface area contributed by atoms with Crippen LogP contribution in [0.1, 0.15) is 15.9 Å². The van der Waals surface area contributed by atoms with Gasteiger partial charge in [-0.15, -0.1) is 0 Å². The Labute approximate surface area is 120 Å². The maximum atomic E-state index is 12.1. The minimum absolute atomic E-state index is 0.168. The van der Waals surface area contributed by atoms with Gasteiger partial charge in [0.05, 0.1) is 15.6 Å². The van der Waals surface area contributed by atoms with E-state index in [4.69, 9.17) is 28.9 Å². The van der Waals surface area contributed by atoms with E-state index < -0.39 is 5.91 Å². The van der Waals surface area contributed by atoms with Gasteiger partial charge in [0.2, 0.25) is 0 Å². The number of nitrogens with two attached hydrogens (primary N) is 1. The Kier molecular flexibility index (Phi) is 3.93. The molecule has 0 spiro atoms. The Hall–Kier alpha value is -1.78. The van der Waals surface area contributed by atoms with Crippen molar-refractivity contribution >= 4 is 40.6 Å². The van der Waals surface area contributed by atoms with E-state index in [9.17, 15) is 4.79 Å². The minimum atomic E-state index is -0.402. The molecule has 2 aromatic rings. The predicted molar refractivity (Wildman–Crippen MR) is 77.8 cm³/mol. The van der Waals surface area contributed by atoms with Crippen LogP contribution in [-0.2, 0) is 0 Å². The molecule has 1 heterocycles. The van der Waals surface area contributed by atoms with Gasteiger partial charge in [-0.25, -0.2) is 4.98 Å². The van der Waals surface area contributed by atoms with Crippen molar-refractivity contribution in [3.05, 3.63) is 51.6 Å². The first kappa shape index (κ1) is 13.6. The second kappa shape index (κ2) is 5.47.